The minimum atomic E-state index is -0.986. The lowest BCUT2D eigenvalue weighted by Gasteiger charge is -2.24. The number of anilines is 2. The van der Waals surface area contributed by atoms with E-state index in [2.05, 4.69) is 10.1 Å². The van der Waals surface area contributed by atoms with Crippen molar-refractivity contribution in [2.75, 3.05) is 17.2 Å². The van der Waals surface area contributed by atoms with Crippen LogP contribution >= 0.6 is 0 Å². The zero-order valence-electron chi connectivity index (χ0n) is 11.4. The first-order valence-corrected chi connectivity index (χ1v) is 6.23. The molecular weight excluding hydrogens is 258 g/mol. The fourth-order valence-corrected chi connectivity index (χ4v) is 1.98. The van der Waals surface area contributed by atoms with Crippen molar-refractivity contribution in [2.45, 2.75) is 13.5 Å². The number of carboxylic acids is 1. The standard InChI is InChI=1S/C13H17N5O2/c1-3-18(7-12-15-8-16-17(12)2)11-5-4-9(13(19)20)6-10(11)14/h4-6,8H,3,7,14H2,1-2H3,(H,19,20). The van der Waals surface area contributed by atoms with Gasteiger partial charge in [0.05, 0.1) is 23.5 Å². The van der Waals surface area contributed by atoms with Crippen LogP contribution in [0.25, 0.3) is 0 Å². The maximum absolute atomic E-state index is 10.9. The second-order valence-electron chi connectivity index (χ2n) is 4.39. The third kappa shape index (κ3) is 2.71. The van der Waals surface area contributed by atoms with Crippen LogP contribution in [0, 0.1) is 0 Å². The second kappa shape index (κ2) is 5.60. The average Bonchev–Trinajstić information content (AvgIpc) is 2.81. The Labute approximate surface area is 116 Å². The van der Waals surface area contributed by atoms with Crippen molar-refractivity contribution in [2.24, 2.45) is 7.05 Å². The van der Waals surface area contributed by atoms with Crippen molar-refractivity contribution in [1.29, 1.82) is 0 Å². The Morgan fingerprint density at radius 1 is 1.50 bits per heavy atom. The van der Waals surface area contributed by atoms with Gasteiger partial charge in [-0.25, -0.2) is 9.78 Å². The highest BCUT2D eigenvalue weighted by Crippen LogP contribution is 2.25. The van der Waals surface area contributed by atoms with E-state index in [-0.39, 0.29) is 5.56 Å². The largest absolute Gasteiger partial charge is 0.478 e. The molecule has 0 radical (unpaired) electrons. The number of aromatic nitrogens is 3. The Balaban J connectivity index is 2.28. The molecule has 7 nitrogen and oxygen atoms in total. The van der Waals surface area contributed by atoms with E-state index in [1.165, 1.54) is 12.4 Å². The Morgan fingerprint density at radius 3 is 2.75 bits per heavy atom. The molecule has 1 heterocycles. The minimum Gasteiger partial charge on any atom is -0.478 e. The molecule has 0 amide bonds. The molecule has 0 unspecified atom stereocenters. The van der Waals surface area contributed by atoms with Crippen LogP contribution in [0.3, 0.4) is 0 Å². The van der Waals surface area contributed by atoms with E-state index < -0.39 is 5.97 Å². The van der Waals surface area contributed by atoms with Gasteiger partial charge < -0.3 is 15.7 Å². The smallest absolute Gasteiger partial charge is 0.335 e. The highest BCUT2D eigenvalue weighted by atomic mass is 16.4. The van der Waals surface area contributed by atoms with E-state index in [9.17, 15) is 4.79 Å². The number of aryl methyl sites for hydroxylation is 1. The lowest BCUT2D eigenvalue weighted by Crippen LogP contribution is -2.25. The van der Waals surface area contributed by atoms with Gasteiger partial charge in [0.2, 0.25) is 0 Å². The fourth-order valence-electron chi connectivity index (χ4n) is 1.98. The molecule has 20 heavy (non-hydrogen) atoms. The average molecular weight is 275 g/mol. The number of carboxylic acid groups (broad SMARTS) is 1. The van der Waals surface area contributed by atoms with Crippen molar-refractivity contribution < 1.29 is 9.90 Å². The summed E-state index contributed by atoms with van der Waals surface area (Å²) in [6, 6.07) is 4.74. The summed E-state index contributed by atoms with van der Waals surface area (Å²) >= 11 is 0. The molecule has 106 valence electrons. The first-order valence-electron chi connectivity index (χ1n) is 6.23. The summed E-state index contributed by atoms with van der Waals surface area (Å²) in [5.74, 6) is -0.173. The van der Waals surface area contributed by atoms with Crippen molar-refractivity contribution in [3.05, 3.63) is 35.9 Å². The summed E-state index contributed by atoms with van der Waals surface area (Å²) < 4.78 is 1.70. The third-order valence-electron chi connectivity index (χ3n) is 3.13. The van der Waals surface area contributed by atoms with Crippen LogP contribution in [0.1, 0.15) is 23.1 Å². The van der Waals surface area contributed by atoms with E-state index in [4.69, 9.17) is 10.8 Å². The number of nitrogen functional groups attached to an aromatic ring is 1. The van der Waals surface area contributed by atoms with Gasteiger partial charge in [0, 0.05) is 13.6 Å². The minimum absolute atomic E-state index is 0.181. The van der Waals surface area contributed by atoms with Gasteiger partial charge in [-0.05, 0) is 25.1 Å². The molecular formula is C13H17N5O2. The number of carbonyl (C=O) groups is 1. The summed E-state index contributed by atoms with van der Waals surface area (Å²) in [7, 11) is 1.83. The van der Waals surface area contributed by atoms with Gasteiger partial charge in [-0.1, -0.05) is 0 Å². The molecule has 0 atom stereocenters. The topological polar surface area (TPSA) is 97.3 Å². The van der Waals surface area contributed by atoms with Gasteiger partial charge in [0.1, 0.15) is 12.2 Å². The Kier molecular flexibility index (Phi) is 3.88. The van der Waals surface area contributed by atoms with Crippen LogP contribution in [0.5, 0.6) is 0 Å². The number of hydrogen-bond acceptors (Lipinski definition) is 5. The lowest BCUT2D eigenvalue weighted by atomic mass is 10.1. The van der Waals surface area contributed by atoms with E-state index in [1.54, 1.807) is 16.8 Å². The molecule has 0 spiro atoms. The second-order valence-corrected chi connectivity index (χ2v) is 4.39. The SMILES string of the molecule is CCN(Cc1ncnn1C)c1ccc(C(=O)O)cc1N. The molecule has 7 heteroatoms. The number of benzene rings is 1. The normalized spacial score (nSPS) is 10.5. The van der Waals surface area contributed by atoms with E-state index in [1.807, 2.05) is 18.9 Å². The zero-order chi connectivity index (χ0) is 14.7. The van der Waals surface area contributed by atoms with Gasteiger partial charge >= 0.3 is 5.97 Å². The van der Waals surface area contributed by atoms with Crippen LogP contribution in [-0.4, -0.2) is 32.4 Å². The summed E-state index contributed by atoms with van der Waals surface area (Å²) in [6.07, 6.45) is 1.50. The van der Waals surface area contributed by atoms with Crippen LogP contribution in [0.2, 0.25) is 0 Å². The molecule has 0 aliphatic carbocycles. The van der Waals surface area contributed by atoms with Gasteiger partial charge in [-0.15, -0.1) is 0 Å². The maximum atomic E-state index is 10.9. The van der Waals surface area contributed by atoms with Crippen molar-refractivity contribution in [3.8, 4) is 0 Å². The molecule has 0 bridgehead atoms. The monoisotopic (exact) mass is 275 g/mol. The fraction of sp³-hybridized carbons (Fsp3) is 0.308. The predicted molar refractivity (Wildman–Crippen MR) is 75.5 cm³/mol. The van der Waals surface area contributed by atoms with E-state index in [0.29, 0.717) is 12.2 Å². The van der Waals surface area contributed by atoms with Crippen molar-refractivity contribution in [1.82, 2.24) is 14.8 Å². The van der Waals surface area contributed by atoms with Gasteiger partial charge in [-0.3, -0.25) is 4.68 Å². The number of aromatic carboxylic acids is 1. The predicted octanol–water partition coefficient (Wildman–Crippen LogP) is 1.12. The first-order chi connectivity index (χ1) is 9.52. The Bertz CT molecular complexity index is 623. The molecule has 2 aromatic rings. The number of rotatable bonds is 5. The van der Waals surface area contributed by atoms with Crippen molar-refractivity contribution in [3.63, 3.8) is 0 Å². The molecule has 3 N–H and O–H groups in total. The van der Waals surface area contributed by atoms with Gasteiger partial charge in [-0.2, -0.15) is 5.10 Å². The van der Waals surface area contributed by atoms with Crippen LogP contribution in [-0.2, 0) is 13.6 Å². The zero-order valence-corrected chi connectivity index (χ0v) is 11.4. The molecule has 0 aliphatic heterocycles. The van der Waals surface area contributed by atoms with Crippen LogP contribution in [0.15, 0.2) is 24.5 Å². The Hall–Kier alpha value is -2.57. The third-order valence-corrected chi connectivity index (χ3v) is 3.13. The number of hydrogen-bond donors (Lipinski definition) is 2. The van der Waals surface area contributed by atoms with E-state index >= 15 is 0 Å². The molecule has 1 aromatic heterocycles. The van der Waals surface area contributed by atoms with Gasteiger partial charge in [0.15, 0.2) is 0 Å². The molecule has 0 saturated heterocycles. The lowest BCUT2D eigenvalue weighted by molar-refractivity contribution is 0.0697. The van der Waals surface area contributed by atoms with Gasteiger partial charge in [0.25, 0.3) is 0 Å². The highest BCUT2D eigenvalue weighted by Gasteiger charge is 2.13. The summed E-state index contributed by atoms with van der Waals surface area (Å²) in [5, 5.41) is 13.0. The highest BCUT2D eigenvalue weighted by molar-refractivity contribution is 5.90. The summed E-state index contributed by atoms with van der Waals surface area (Å²) in [5.41, 5.74) is 7.37. The molecule has 1 aromatic carbocycles. The molecule has 0 saturated carbocycles. The Morgan fingerprint density at radius 2 is 2.25 bits per heavy atom. The van der Waals surface area contributed by atoms with E-state index in [0.717, 1.165) is 18.1 Å². The van der Waals surface area contributed by atoms with Crippen LogP contribution in [0.4, 0.5) is 11.4 Å². The summed E-state index contributed by atoms with van der Waals surface area (Å²) in [6.45, 7) is 3.29. The summed E-state index contributed by atoms with van der Waals surface area (Å²) in [4.78, 5) is 17.1. The quantitative estimate of drug-likeness (QED) is 0.794. The number of nitrogens with two attached hydrogens (primary N) is 1. The van der Waals surface area contributed by atoms with Crippen molar-refractivity contribution >= 4 is 17.3 Å². The maximum Gasteiger partial charge on any atom is 0.335 e. The van der Waals surface area contributed by atoms with Crippen LogP contribution < -0.4 is 10.6 Å². The molecule has 0 fully saturated rings. The molecule has 2 rings (SSSR count). The molecule has 0 aliphatic rings. The first kappa shape index (κ1) is 13.9. The number of nitrogens with zero attached hydrogens (tertiary/aromatic N) is 4.